The zero-order valence-electron chi connectivity index (χ0n) is 13.2. The number of aromatic nitrogens is 1. The van der Waals surface area contributed by atoms with Crippen LogP contribution in [0.2, 0.25) is 0 Å². The lowest BCUT2D eigenvalue weighted by molar-refractivity contribution is 0.199. The van der Waals surface area contributed by atoms with Crippen molar-refractivity contribution in [3.05, 3.63) is 36.0 Å². The van der Waals surface area contributed by atoms with Gasteiger partial charge in [0.1, 0.15) is 0 Å². The van der Waals surface area contributed by atoms with Crippen LogP contribution in [0.1, 0.15) is 5.56 Å². The van der Waals surface area contributed by atoms with Crippen LogP contribution in [0.5, 0.6) is 0 Å². The third kappa shape index (κ3) is 5.12. The van der Waals surface area contributed by atoms with Crippen molar-refractivity contribution in [1.29, 1.82) is 0 Å². The number of nitrogens with zero attached hydrogens (tertiary/aromatic N) is 1. The Morgan fingerprint density at radius 3 is 2.70 bits per heavy atom. The van der Waals surface area contributed by atoms with Gasteiger partial charge in [0.2, 0.25) is 10.0 Å². The van der Waals surface area contributed by atoms with Gasteiger partial charge in [0.05, 0.1) is 17.0 Å². The highest BCUT2D eigenvalue weighted by atomic mass is 35.5. The maximum Gasteiger partial charge on any atom is 0.241 e. The Balaban J connectivity index is 0.00000264. The third-order valence-electron chi connectivity index (χ3n) is 3.30. The predicted octanol–water partition coefficient (Wildman–Crippen LogP) is 1.48. The topological polar surface area (TPSA) is 80.3 Å². The molecule has 128 valence electrons. The van der Waals surface area contributed by atoms with E-state index in [1.54, 1.807) is 37.6 Å². The highest BCUT2D eigenvalue weighted by Crippen LogP contribution is 2.23. The first kappa shape index (κ1) is 19.8. The summed E-state index contributed by atoms with van der Waals surface area (Å²) in [5.41, 5.74) is 1.67. The average molecular weight is 360 g/mol. The van der Waals surface area contributed by atoms with Gasteiger partial charge in [-0.3, -0.25) is 4.98 Å². The highest BCUT2D eigenvalue weighted by Gasteiger charge is 2.17. The molecule has 23 heavy (non-hydrogen) atoms. The summed E-state index contributed by atoms with van der Waals surface area (Å²) in [4.78, 5) is 4.53. The van der Waals surface area contributed by atoms with Crippen molar-refractivity contribution in [1.82, 2.24) is 15.0 Å². The predicted molar refractivity (Wildman–Crippen MR) is 93.7 cm³/mol. The number of sulfonamides is 1. The van der Waals surface area contributed by atoms with E-state index in [1.165, 1.54) is 0 Å². The van der Waals surface area contributed by atoms with Crippen molar-refractivity contribution in [3.63, 3.8) is 0 Å². The summed E-state index contributed by atoms with van der Waals surface area (Å²) < 4.78 is 32.4. The van der Waals surface area contributed by atoms with Gasteiger partial charge >= 0.3 is 0 Å². The van der Waals surface area contributed by atoms with Gasteiger partial charge in [0, 0.05) is 38.3 Å². The summed E-state index contributed by atoms with van der Waals surface area (Å²) in [7, 11) is -1.93. The first-order chi connectivity index (χ1) is 10.6. The van der Waals surface area contributed by atoms with Crippen LogP contribution in [-0.2, 0) is 14.8 Å². The van der Waals surface area contributed by atoms with E-state index < -0.39 is 10.0 Å². The van der Waals surface area contributed by atoms with Crippen LogP contribution in [0.3, 0.4) is 0 Å². The summed E-state index contributed by atoms with van der Waals surface area (Å²) in [6.07, 6.45) is 1.67. The van der Waals surface area contributed by atoms with Crippen molar-refractivity contribution >= 4 is 33.3 Å². The third-order valence-corrected chi connectivity index (χ3v) is 4.82. The van der Waals surface area contributed by atoms with Crippen molar-refractivity contribution in [2.45, 2.75) is 11.8 Å². The molecule has 0 saturated heterocycles. The lowest BCUT2D eigenvalue weighted by Crippen LogP contribution is -2.33. The van der Waals surface area contributed by atoms with E-state index in [9.17, 15) is 8.42 Å². The summed E-state index contributed by atoms with van der Waals surface area (Å²) in [6.45, 7) is 4.07. The zero-order chi connectivity index (χ0) is 16.0. The van der Waals surface area contributed by atoms with E-state index in [-0.39, 0.29) is 17.3 Å². The Kier molecular flexibility index (Phi) is 7.87. The monoisotopic (exact) mass is 359 g/mol. The standard InChI is InChI=1S/C15H21N3O3S.ClH/c1-12-5-6-14(13-4-3-7-17-15(12)13)22(19,20)18-9-8-16-10-11-21-2;/h3-7,16,18H,8-11H2,1-2H3;1H. The molecule has 2 N–H and O–H groups in total. The zero-order valence-corrected chi connectivity index (χ0v) is 14.8. The lowest BCUT2D eigenvalue weighted by atomic mass is 10.1. The molecule has 0 spiro atoms. The minimum Gasteiger partial charge on any atom is -0.383 e. The smallest absolute Gasteiger partial charge is 0.241 e. The Bertz CT molecular complexity index is 738. The molecule has 0 atom stereocenters. The molecule has 1 aromatic carbocycles. The fourth-order valence-corrected chi connectivity index (χ4v) is 3.40. The van der Waals surface area contributed by atoms with Gasteiger partial charge in [-0.1, -0.05) is 6.07 Å². The number of rotatable bonds is 8. The van der Waals surface area contributed by atoms with Crippen molar-refractivity contribution < 1.29 is 13.2 Å². The maximum absolute atomic E-state index is 12.5. The number of hydrogen-bond acceptors (Lipinski definition) is 5. The van der Waals surface area contributed by atoms with Crippen LogP contribution < -0.4 is 10.0 Å². The highest BCUT2D eigenvalue weighted by molar-refractivity contribution is 7.89. The summed E-state index contributed by atoms with van der Waals surface area (Å²) in [5, 5.41) is 3.73. The molecule has 2 rings (SSSR count). The van der Waals surface area contributed by atoms with Crippen LogP contribution >= 0.6 is 12.4 Å². The van der Waals surface area contributed by atoms with E-state index >= 15 is 0 Å². The lowest BCUT2D eigenvalue weighted by Gasteiger charge is -2.11. The molecule has 0 amide bonds. The van der Waals surface area contributed by atoms with Crippen LogP contribution in [0.25, 0.3) is 10.9 Å². The van der Waals surface area contributed by atoms with E-state index in [1.807, 2.05) is 6.92 Å². The minimum atomic E-state index is -3.56. The van der Waals surface area contributed by atoms with E-state index in [2.05, 4.69) is 15.0 Å². The Morgan fingerprint density at radius 1 is 1.17 bits per heavy atom. The molecular weight excluding hydrogens is 338 g/mol. The maximum atomic E-state index is 12.5. The first-order valence-corrected chi connectivity index (χ1v) is 8.58. The van der Waals surface area contributed by atoms with Gasteiger partial charge in [0.15, 0.2) is 0 Å². The second-order valence-corrected chi connectivity index (χ2v) is 6.66. The van der Waals surface area contributed by atoms with Crippen molar-refractivity contribution in [2.24, 2.45) is 0 Å². The molecule has 6 nitrogen and oxygen atoms in total. The number of fused-ring (bicyclic) bond motifs is 1. The number of halogens is 1. The number of nitrogens with one attached hydrogen (secondary N) is 2. The average Bonchev–Trinajstić information content (AvgIpc) is 2.51. The van der Waals surface area contributed by atoms with Crippen molar-refractivity contribution in [3.8, 4) is 0 Å². The molecule has 0 radical (unpaired) electrons. The van der Waals surface area contributed by atoms with Gasteiger partial charge in [-0.05, 0) is 30.7 Å². The largest absolute Gasteiger partial charge is 0.383 e. The molecule has 0 aliphatic heterocycles. The fraction of sp³-hybridized carbons (Fsp3) is 0.400. The summed E-state index contributed by atoms with van der Waals surface area (Å²) >= 11 is 0. The minimum absolute atomic E-state index is 0. The first-order valence-electron chi connectivity index (χ1n) is 7.10. The van der Waals surface area contributed by atoms with Crippen LogP contribution in [0.15, 0.2) is 35.4 Å². The molecule has 1 aromatic heterocycles. The number of hydrogen-bond donors (Lipinski definition) is 2. The molecule has 1 heterocycles. The number of benzene rings is 1. The Labute approximate surface area is 143 Å². The summed E-state index contributed by atoms with van der Waals surface area (Å²) in [6, 6.07) is 6.93. The fourth-order valence-electron chi connectivity index (χ4n) is 2.17. The molecular formula is C15H22ClN3O3S. The Hall–Kier alpha value is -1.25. The van der Waals surface area contributed by atoms with Crippen LogP contribution in [-0.4, -0.2) is 46.8 Å². The second kappa shape index (κ2) is 9.14. The van der Waals surface area contributed by atoms with E-state index in [4.69, 9.17) is 4.74 Å². The Morgan fingerprint density at radius 2 is 1.96 bits per heavy atom. The second-order valence-electron chi connectivity index (χ2n) is 4.92. The van der Waals surface area contributed by atoms with Gasteiger partial charge in [-0.2, -0.15) is 0 Å². The molecule has 0 aliphatic rings. The van der Waals surface area contributed by atoms with E-state index in [0.29, 0.717) is 37.1 Å². The summed E-state index contributed by atoms with van der Waals surface area (Å²) in [5.74, 6) is 0. The molecule has 0 saturated carbocycles. The molecule has 8 heteroatoms. The molecule has 2 aromatic rings. The number of methoxy groups -OCH3 is 1. The van der Waals surface area contributed by atoms with Crippen LogP contribution in [0.4, 0.5) is 0 Å². The molecule has 0 aliphatic carbocycles. The molecule has 0 fully saturated rings. The van der Waals surface area contributed by atoms with Gasteiger partial charge in [0.25, 0.3) is 0 Å². The quantitative estimate of drug-likeness (QED) is 0.698. The number of ether oxygens (including phenoxy) is 1. The van der Waals surface area contributed by atoms with Gasteiger partial charge in [-0.15, -0.1) is 12.4 Å². The van der Waals surface area contributed by atoms with Gasteiger partial charge < -0.3 is 10.1 Å². The van der Waals surface area contributed by atoms with Gasteiger partial charge in [-0.25, -0.2) is 13.1 Å². The van der Waals surface area contributed by atoms with Crippen LogP contribution in [0, 0.1) is 6.92 Å². The number of pyridine rings is 1. The number of aryl methyl sites for hydroxylation is 1. The molecule has 0 bridgehead atoms. The van der Waals surface area contributed by atoms with Crippen molar-refractivity contribution in [2.75, 3.05) is 33.4 Å². The molecule has 0 unspecified atom stereocenters. The normalized spacial score (nSPS) is 11.4. The van der Waals surface area contributed by atoms with E-state index in [0.717, 1.165) is 5.56 Å². The SMILES string of the molecule is COCCNCCNS(=O)(=O)c1ccc(C)c2ncccc12.Cl.